The molecule has 0 aromatic heterocycles. The van der Waals surface area contributed by atoms with Crippen LogP contribution in [0.3, 0.4) is 0 Å². The molecule has 0 aromatic rings. The van der Waals surface area contributed by atoms with Gasteiger partial charge in [-0.15, -0.1) is 12.3 Å². The summed E-state index contributed by atoms with van der Waals surface area (Å²) in [5.74, 6) is 3.40. The zero-order valence-corrected chi connectivity index (χ0v) is 8.34. The van der Waals surface area contributed by atoms with Gasteiger partial charge >= 0.3 is 0 Å². The Balaban J connectivity index is 2.54. The van der Waals surface area contributed by atoms with Gasteiger partial charge in [0.1, 0.15) is 0 Å². The lowest BCUT2D eigenvalue weighted by Gasteiger charge is -2.19. The maximum absolute atomic E-state index is 9.14. The predicted molar refractivity (Wildman–Crippen MR) is 53.7 cm³/mol. The van der Waals surface area contributed by atoms with E-state index in [0.29, 0.717) is 0 Å². The van der Waals surface area contributed by atoms with Crippen LogP contribution >= 0.6 is 0 Å². The molecular formula is C12H17N. The lowest BCUT2D eigenvalue weighted by atomic mass is 9.82. The summed E-state index contributed by atoms with van der Waals surface area (Å²) in [5.41, 5.74) is -0.0763. The highest BCUT2D eigenvalue weighted by atomic mass is 14.4. The Hall–Kier alpha value is -0.950. The van der Waals surface area contributed by atoms with E-state index in [9.17, 15) is 0 Å². The fraction of sp³-hybridized carbons (Fsp3) is 0.750. The number of hydrogen-bond donors (Lipinski definition) is 0. The van der Waals surface area contributed by atoms with Crippen molar-refractivity contribution in [2.24, 2.45) is 11.3 Å². The molecular weight excluding hydrogens is 158 g/mol. The van der Waals surface area contributed by atoms with Crippen LogP contribution in [-0.4, -0.2) is 0 Å². The molecule has 1 aliphatic rings. The van der Waals surface area contributed by atoms with Crippen LogP contribution in [-0.2, 0) is 0 Å². The first-order chi connectivity index (χ1) is 6.26. The van der Waals surface area contributed by atoms with E-state index in [1.165, 1.54) is 12.8 Å². The van der Waals surface area contributed by atoms with E-state index in [4.69, 9.17) is 11.7 Å². The summed E-state index contributed by atoms with van der Waals surface area (Å²) < 4.78 is 0. The minimum Gasteiger partial charge on any atom is -0.198 e. The minimum absolute atomic E-state index is 0.0763. The van der Waals surface area contributed by atoms with Gasteiger partial charge in [0.05, 0.1) is 11.5 Å². The Morgan fingerprint density at radius 3 is 2.85 bits per heavy atom. The minimum atomic E-state index is -0.0763. The molecule has 1 heteroatoms. The highest BCUT2D eigenvalue weighted by molar-refractivity contribution is 5.05. The van der Waals surface area contributed by atoms with E-state index >= 15 is 0 Å². The maximum atomic E-state index is 9.14. The molecule has 1 aliphatic carbocycles. The van der Waals surface area contributed by atoms with Crippen molar-refractivity contribution in [2.75, 3.05) is 0 Å². The number of terminal acetylenes is 1. The summed E-state index contributed by atoms with van der Waals surface area (Å²) in [5, 5.41) is 9.14. The third kappa shape index (κ3) is 2.25. The van der Waals surface area contributed by atoms with Crippen LogP contribution in [0.1, 0.15) is 45.4 Å². The average molecular weight is 175 g/mol. The molecule has 2 unspecified atom stereocenters. The quantitative estimate of drug-likeness (QED) is 0.604. The fourth-order valence-corrected chi connectivity index (χ4v) is 2.28. The lowest BCUT2D eigenvalue weighted by molar-refractivity contribution is 0.360. The molecule has 0 radical (unpaired) electrons. The molecule has 0 aliphatic heterocycles. The second kappa shape index (κ2) is 4.33. The molecule has 0 aromatic carbocycles. The summed E-state index contributed by atoms with van der Waals surface area (Å²) in [7, 11) is 0. The van der Waals surface area contributed by atoms with Gasteiger partial charge in [0.15, 0.2) is 0 Å². The van der Waals surface area contributed by atoms with Crippen LogP contribution in [0, 0.1) is 35.0 Å². The molecule has 70 valence electrons. The summed E-state index contributed by atoms with van der Waals surface area (Å²) in [6.45, 7) is 2.21. The Morgan fingerprint density at radius 1 is 1.62 bits per heavy atom. The van der Waals surface area contributed by atoms with Crippen LogP contribution in [0.15, 0.2) is 0 Å². The standard InChI is InChI=1S/C12H17N/c1-3-5-7-12(10-13)8-6-11(4-2)9-12/h1,11H,4-9H2,2H3. The Labute approximate surface area is 81.1 Å². The van der Waals surface area contributed by atoms with Crippen LogP contribution < -0.4 is 0 Å². The van der Waals surface area contributed by atoms with Crippen LogP contribution in [0.25, 0.3) is 0 Å². The summed E-state index contributed by atoms with van der Waals surface area (Å²) >= 11 is 0. The monoisotopic (exact) mass is 175 g/mol. The Morgan fingerprint density at radius 2 is 2.38 bits per heavy atom. The molecule has 0 N–H and O–H groups in total. The van der Waals surface area contributed by atoms with E-state index in [1.807, 2.05) is 0 Å². The topological polar surface area (TPSA) is 23.8 Å². The third-order valence-corrected chi connectivity index (χ3v) is 3.27. The van der Waals surface area contributed by atoms with Crippen molar-refractivity contribution >= 4 is 0 Å². The molecule has 13 heavy (non-hydrogen) atoms. The normalized spacial score (nSPS) is 32.4. The van der Waals surface area contributed by atoms with Crippen LogP contribution in [0.2, 0.25) is 0 Å². The molecule has 1 saturated carbocycles. The van der Waals surface area contributed by atoms with E-state index < -0.39 is 0 Å². The van der Waals surface area contributed by atoms with E-state index in [0.717, 1.165) is 31.6 Å². The molecule has 2 atom stereocenters. The van der Waals surface area contributed by atoms with Crippen molar-refractivity contribution in [2.45, 2.75) is 45.4 Å². The molecule has 1 nitrogen and oxygen atoms in total. The molecule has 1 rings (SSSR count). The van der Waals surface area contributed by atoms with Crippen molar-refractivity contribution < 1.29 is 0 Å². The first-order valence-electron chi connectivity index (χ1n) is 5.11. The second-order valence-electron chi connectivity index (χ2n) is 4.11. The van der Waals surface area contributed by atoms with Gasteiger partial charge in [-0.1, -0.05) is 13.3 Å². The van der Waals surface area contributed by atoms with Gasteiger partial charge in [-0.2, -0.15) is 5.26 Å². The molecule has 0 bridgehead atoms. The van der Waals surface area contributed by atoms with E-state index in [1.54, 1.807) is 0 Å². The van der Waals surface area contributed by atoms with Crippen molar-refractivity contribution in [3.05, 3.63) is 0 Å². The van der Waals surface area contributed by atoms with E-state index in [2.05, 4.69) is 18.9 Å². The zero-order chi connectivity index (χ0) is 9.73. The Bertz CT molecular complexity index is 243. The number of rotatable bonds is 3. The zero-order valence-electron chi connectivity index (χ0n) is 8.34. The van der Waals surface area contributed by atoms with Crippen LogP contribution in [0.4, 0.5) is 0 Å². The first-order valence-corrected chi connectivity index (χ1v) is 5.11. The highest BCUT2D eigenvalue weighted by Gasteiger charge is 2.37. The smallest absolute Gasteiger partial charge is 0.0690 e. The van der Waals surface area contributed by atoms with E-state index in [-0.39, 0.29) is 5.41 Å². The SMILES string of the molecule is C#CCCC1(C#N)CCC(CC)C1. The molecule has 0 heterocycles. The van der Waals surface area contributed by atoms with Gasteiger partial charge in [-0.05, 0) is 31.6 Å². The van der Waals surface area contributed by atoms with Gasteiger partial charge in [-0.25, -0.2) is 0 Å². The van der Waals surface area contributed by atoms with Crippen LogP contribution in [0.5, 0.6) is 0 Å². The average Bonchev–Trinajstić information content (AvgIpc) is 2.59. The lowest BCUT2D eigenvalue weighted by Crippen LogP contribution is -2.13. The summed E-state index contributed by atoms with van der Waals surface area (Å²) in [6, 6.07) is 2.48. The van der Waals surface area contributed by atoms with Crippen molar-refractivity contribution in [1.82, 2.24) is 0 Å². The van der Waals surface area contributed by atoms with Gasteiger partial charge in [0, 0.05) is 6.42 Å². The third-order valence-electron chi connectivity index (χ3n) is 3.27. The van der Waals surface area contributed by atoms with Crippen molar-refractivity contribution in [1.29, 1.82) is 5.26 Å². The predicted octanol–water partition coefficient (Wildman–Crippen LogP) is 3.12. The maximum Gasteiger partial charge on any atom is 0.0690 e. The van der Waals surface area contributed by atoms with Crippen molar-refractivity contribution in [3.63, 3.8) is 0 Å². The summed E-state index contributed by atoms with van der Waals surface area (Å²) in [4.78, 5) is 0. The number of hydrogen-bond acceptors (Lipinski definition) is 1. The largest absolute Gasteiger partial charge is 0.198 e. The van der Waals surface area contributed by atoms with Gasteiger partial charge in [0.2, 0.25) is 0 Å². The number of nitriles is 1. The Kier molecular flexibility index (Phi) is 3.38. The van der Waals surface area contributed by atoms with Gasteiger partial charge in [-0.3, -0.25) is 0 Å². The molecule has 0 amide bonds. The number of nitrogens with zero attached hydrogens (tertiary/aromatic N) is 1. The highest BCUT2D eigenvalue weighted by Crippen LogP contribution is 2.45. The first kappa shape index (κ1) is 10.1. The van der Waals surface area contributed by atoms with Crippen molar-refractivity contribution in [3.8, 4) is 18.4 Å². The fourth-order valence-electron chi connectivity index (χ4n) is 2.28. The van der Waals surface area contributed by atoms with Gasteiger partial charge in [0.25, 0.3) is 0 Å². The summed E-state index contributed by atoms with van der Waals surface area (Å²) in [6.07, 6.45) is 11.4. The molecule has 0 spiro atoms. The second-order valence-corrected chi connectivity index (χ2v) is 4.11. The molecule has 0 saturated heterocycles. The molecule has 1 fully saturated rings. The van der Waals surface area contributed by atoms with Gasteiger partial charge < -0.3 is 0 Å².